The minimum Gasteiger partial charge on any atom is -0.472 e. The van der Waals surface area contributed by atoms with Crippen molar-refractivity contribution < 1.29 is 14.3 Å². The first-order valence-corrected chi connectivity index (χ1v) is 7.03. The molecule has 0 bridgehead atoms. The average molecular weight is 276 g/mol. The van der Waals surface area contributed by atoms with Gasteiger partial charge in [-0.1, -0.05) is 6.07 Å². The van der Waals surface area contributed by atoms with Crippen LogP contribution in [0.5, 0.6) is 5.88 Å². The molecule has 5 heteroatoms. The second kappa shape index (κ2) is 4.65. The summed E-state index contributed by atoms with van der Waals surface area (Å²) in [5.41, 5.74) is 0.705. The minimum absolute atomic E-state index is 0.00108. The standard InChI is InChI=1S/C15H20N2O3/c1-15(2,3)20-14(18)17-8-6-10-11-5-4-7-16-13(11)19-12(10)9-17/h4-5,7,10,12H,6,8-9H2,1-3H3/t10-,12-/m0/s1. The van der Waals surface area contributed by atoms with Gasteiger partial charge >= 0.3 is 6.09 Å². The van der Waals surface area contributed by atoms with Gasteiger partial charge in [-0.15, -0.1) is 0 Å². The number of nitrogens with zero attached hydrogens (tertiary/aromatic N) is 2. The lowest BCUT2D eigenvalue weighted by Gasteiger charge is -2.35. The van der Waals surface area contributed by atoms with Crippen molar-refractivity contribution in [1.82, 2.24) is 9.88 Å². The van der Waals surface area contributed by atoms with Crippen molar-refractivity contribution in [3.05, 3.63) is 23.9 Å². The van der Waals surface area contributed by atoms with Crippen molar-refractivity contribution in [3.63, 3.8) is 0 Å². The quantitative estimate of drug-likeness (QED) is 0.730. The van der Waals surface area contributed by atoms with E-state index in [0.29, 0.717) is 24.9 Å². The lowest BCUT2D eigenvalue weighted by atomic mass is 9.90. The van der Waals surface area contributed by atoms with Gasteiger partial charge in [0.05, 0.1) is 6.54 Å². The van der Waals surface area contributed by atoms with E-state index in [4.69, 9.17) is 9.47 Å². The van der Waals surface area contributed by atoms with Gasteiger partial charge in [-0.3, -0.25) is 0 Å². The molecule has 0 aromatic carbocycles. The molecular formula is C15H20N2O3. The summed E-state index contributed by atoms with van der Waals surface area (Å²) >= 11 is 0. The number of carbonyl (C=O) groups excluding carboxylic acids is 1. The largest absolute Gasteiger partial charge is 0.472 e. The maximum atomic E-state index is 12.1. The third-order valence-electron chi connectivity index (χ3n) is 3.67. The van der Waals surface area contributed by atoms with E-state index in [2.05, 4.69) is 11.1 Å². The van der Waals surface area contributed by atoms with Crippen molar-refractivity contribution in [2.24, 2.45) is 0 Å². The highest BCUT2D eigenvalue weighted by molar-refractivity contribution is 5.68. The Balaban J connectivity index is 1.68. The number of rotatable bonds is 0. The van der Waals surface area contributed by atoms with Crippen LogP contribution in [0.4, 0.5) is 4.79 Å². The van der Waals surface area contributed by atoms with E-state index in [-0.39, 0.29) is 12.2 Å². The van der Waals surface area contributed by atoms with Crippen molar-refractivity contribution >= 4 is 6.09 Å². The van der Waals surface area contributed by atoms with Gasteiger partial charge in [0.1, 0.15) is 11.7 Å². The second-order valence-electron chi connectivity index (χ2n) is 6.38. The Morgan fingerprint density at radius 2 is 2.30 bits per heavy atom. The normalized spacial score (nSPS) is 24.6. The van der Waals surface area contributed by atoms with Crippen LogP contribution >= 0.6 is 0 Å². The summed E-state index contributed by atoms with van der Waals surface area (Å²) in [6, 6.07) is 4.00. The maximum Gasteiger partial charge on any atom is 0.410 e. The molecule has 3 rings (SSSR count). The number of amides is 1. The summed E-state index contributed by atoms with van der Waals surface area (Å²) in [4.78, 5) is 18.1. The van der Waals surface area contributed by atoms with Crippen molar-refractivity contribution in [3.8, 4) is 5.88 Å². The summed E-state index contributed by atoms with van der Waals surface area (Å²) in [5.74, 6) is 1.06. The van der Waals surface area contributed by atoms with E-state index < -0.39 is 5.60 Å². The van der Waals surface area contributed by atoms with Crippen LogP contribution in [0.25, 0.3) is 0 Å². The van der Waals surface area contributed by atoms with Crippen molar-refractivity contribution in [1.29, 1.82) is 0 Å². The number of ether oxygens (including phenoxy) is 2. The predicted octanol–water partition coefficient (Wildman–Crippen LogP) is 2.57. The maximum absolute atomic E-state index is 12.1. The highest BCUT2D eigenvalue weighted by Crippen LogP contribution is 2.41. The number of likely N-dealkylation sites (tertiary alicyclic amines) is 1. The third kappa shape index (κ3) is 2.44. The summed E-state index contributed by atoms with van der Waals surface area (Å²) in [7, 11) is 0. The lowest BCUT2D eigenvalue weighted by Crippen LogP contribution is -2.47. The zero-order chi connectivity index (χ0) is 14.3. The smallest absolute Gasteiger partial charge is 0.410 e. The Kier molecular flexibility index (Phi) is 3.07. The van der Waals surface area contributed by atoms with E-state index >= 15 is 0 Å². The Morgan fingerprint density at radius 3 is 3.05 bits per heavy atom. The molecule has 0 N–H and O–H groups in total. The average Bonchev–Trinajstić information content (AvgIpc) is 2.74. The Labute approximate surface area is 118 Å². The first kappa shape index (κ1) is 13.2. The van der Waals surface area contributed by atoms with E-state index in [9.17, 15) is 4.79 Å². The van der Waals surface area contributed by atoms with Gasteiger partial charge in [-0.2, -0.15) is 0 Å². The van der Waals surface area contributed by atoms with Crippen LogP contribution in [0.3, 0.4) is 0 Å². The molecule has 1 aromatic rings. The number of hydrogen-bond donors (Lipinski definition) is 0. The van der Waals surface area contributed by atoms with Crippen molar-refractivity contribution in [2.45, 2.75) is 44.8 Å². The fourth-order valence-electron chi connectivity index (χ4n) is 2.81. The van der Waals surface area contributed by atoms with Gasteiger partial charge in [0.25, 0.3) is 0 Å². The number of pyridine rings is 1. The van der Waals surface area contributed by atoms with Gasteiger partial charge < -0.3 is 14.4 Å². The van der Waals surface area contributed by atoms with Crippen LogP contribution in [0.2, 0.25) is 0 Å². The van der Waals surface area contributed by atoms with Gasteiger partial charge in [0.2, 0.25) is 5.88 Å². The molecule has 2 aliphatic heterocycles. The SMILES string of the molecule is CC(C)(C)OC(=O)N1CC[C@H]2c3cccnc3O[C@H]2C1. The zero-order valence-electron chi connectivity index (χ0n) is 12.1. The summed E-state index contributed by atoms with van der Waals surface area (Å²) in [5, 5.41) is 0. The summed E-state index contributed by atoms with van der Waals surface area (Å²) < 4.78 is 11.3. The lowest BCUT2D eigenvalue weighted by molar-refractivity contribution is 0.00757. The molecule has 0 radical (unpaired) electrons. The molecular weight excluding hydrogens is 256 g/mol. The van der Waals surface area contributed by atoms with Gasteiger partial charge in [-0.25, -0.2) is 9.78 Å². The number of piperidine rings is 1. The Morgan fingerprint density at radius 1 is 1.50 bits per heavy atom. The molecule has 1 saturated heterocycles. The number of hydrogen-bond acceptors (Lipinski definition) is 4. The zero-order valence-corrected chi connectivity index (χ0v) is 12.1. The van der Waals surface area contributed by atoms with Crippen LogP contribution < -0.4 is 4.74 Å². The summed E-state index contributed by atoms with van der Waals surface area (Å²) in [6.07, 6.45) is 2.37. The van der Waals surface area contributed by atoms with E-state index in [1.54, 1.807) is 11.1 Å². The molecule has 3 heterocycles. The highest BCUT2D eigenvalue weighted by atomic mass is 16.6. The third-order valence-corrected chi connectivity index (χ3v) is 3.67. The van der Waals surface area contributed by atoms with Crippen LogP contribution in [0.1, 0.15) is 38.7 Å². The first-order chi connectivity index (χ1) is 9.44. The van der Waals surface area contributed by atoms with Crippen LogP contribution in [-0.2, 0) is 4.74 Å². The van der Waals surface area contributed by atoms with Gasteiger partial charge in [-0.05, 0) is 33.3 Å². The fourth-order valence-corrected chi connectivity index (χ4v) is 2.81. The minimum atomic E-state index is -0.463. The Bertz CT molecular complexity index is 524. The van der Waals surface area contributed by atoms with E-state index in [1.807, 2.05) is 26.8 Å². The van der Waals surface area contributed by atoms with Gasteiger partial charge in [0.15, 0.2) is 0 Å². The topological polar surface area (TPSA) is 51.7 Å². The fraction of sp³-hybridized carbons (Fsp3) is 0.600. The van der Waals surface area contributed by atoms with E-state index in [0.717, 1.165) is 6.42 Å². The molecule has 0 aliphatic carbocycles. The molecule has 1 aromatic heterocycles. The molecule has 2 atom stereocenters. The van der Waals surface area contributed by atoms with Crippen molar-refractivity contribution in [2.75, 3.05) is 13.1 Å². The second-order valence-corrected chi connectivity index (χ2v) is 6.38. The molecule has 1 fully saturated rings. The molecule has 0 spiro atoms. The number of fused-ring (bicyclic) bond motifs is 3. The highest BCUT2D eigenvalue weighted by Gasteiger charge is 2.41. The molecule has 2 aliphatic rings. The molecule has 0 unspecified atom stereocenters. The molecule has 1 amide bonds. The van der Waals surface area contributed by atoms with Crippen LogP contribution in [-0.4, -0.2) is 40.8 Å². The summed E-state index contributed by atoms with van der Waals surface area (Å²) in [6.45, 7) is 6.90. The molecule has 5 nitrogen and oxygen atoms in total. The monoisotopic (exact) mass is 276 g/mol. The van der Waals surface area contributed by atoms with Crippen LogP contribution in [0, 0.1) is 0 Å². The Hall–Kier alpha value is -1.78. The number of carbonyl (C=O) groups is 1. The molecule has 20 heavy (non-hydrogen) atoms. The molecule has 108 valence electrons. The van der Waals surface area contributed by atoms with Gasteiger partial charge in [0, 0.05) is 24.2 Å². The van der Waals surface area contributed by atoms with Crippen LogP contribution in [0.15, 0.2) is 18.3 Å². The molecule has 0 saturated carbocycles. The van der Waals surface area contributed by atoms with E-state index in [1.165, 1.54) is 5.56 Å². The first-order valence-electron chi connectivity index (χ1n) is 7.03. The number of aromatic nitrogens is 1. The predicted molar refractivity (Wildman–Crippen MR) is 73.8 cm³/mol.